The first-order valence-corrected chi connectivity index (χ1v) is 16.2. The van der Waals surface area contributed by atoms with Crippen LogP contribution in [0.1, 0.15) is 69.3 Å². The molecule has 250 valence electrons. The Bertz CT molecular complexity index is 1510. The summed E-state index contributed by atoms with van der Waals surface area (Å²) in [5.41, 5.74) is 1.43. The number of esters is 1. The molecule has 10 heteroatoms. The smallest absolute Gasteiger partial charge is 0.407 e. The average molecular weight is 644 g/mol. The molecule has 0 aliphatic carbocycles. The number of para-hydroxylation sites is 2. The second-order valence-corrected chi connectivity index (χ2v) is 12.4. The van der Waals surface area contributed by atoms with Crippen LogP contribution in [0.15, 0.2) is 78.9 Å². The van der Waals surface area contributed by atoms with Crippen LogP contribution in [0.2, 0.25) is 0 Å². The van der Waals surface area contributed by atoms with E-state index in [2.05, 4.69) is 5.32 Å². The highest BCUT2D eigenvalue weighted by molar-refractivity contribution is 5.97. The van der Waals surface area contributed by atoms with Crippen molar-refractivity contribution in [1.82, 2.24) is 10.2 Å². The maximum atomic E-state index is 14.2. The van der Waals surface area contributed by atoms with Crippen LogP contribution in [-0.2, 0) is 25.6 Å². The van der Waals surface area contributed by atoms with Crippen molar-refractivity contribution in [2.75, 3.05) is 31.1 Å². The molecule has 0 aromatic heterocycles. The molecule has 4 rings (SSSR count). The van der Waals surface area contributed by atoms with Gasteiger partial charge in [-0.05, 0) is 88.9 Å². The van der Waals surface area contributed by atoms with E-state index in [0.717, 1.165) is 5.56 Å². The van der Waals surface area contributed by atoms with Gasteiger partial charge in [-0.3, -0.25) is 14.4 Å². The van der Waals surface area contributed by atoms with Crippen molar-refractivity contribution in [2.45, 2.75) is 65.5 Å². The second kappa shape index (κ2) is 16.6. The molecule has 0 atom stereocenters. The summed E-state index contributed by atoms with van der Waals surface area (Å²) in [6, 6.07) is 23.8. The number of benzene rings is 3. The van der Waals surface area contributed by atoms with E-state index >= 15 is 0 Å². The monoisotopic (exact) mass is 643 g/mol. The molecular formula is C37H45N3O7. The number of nitrogens with zero attached hydrogens (tertiary/aromatic N) is 2. The molecule has 1 aliphatic rings. The fourth-order valence-corrected chi connectivity index (χ4v) is 5.38. The minimum absolute atomic E-state index is 0.0370. The molecule has 1 N–H and O–H groups in total. The third-order valence-corrected chi connectivity index (χ3v) is 7.60. The Morgan fingerprint density at radius 1 is 0.915 bits per heavy atom. The minimum Gasteiger partial charge on any atom is -0.466 e. The van der Waals surface area contributed by atoms with E-state index in [0.29, 0.717) is 68.3 Å². The molecule has 0 saturated carbocycles. The molecule has 0 unspecified atom stereocenters. The van der Waals surface area contributed by atoms with Crippen LogP contribution in [0.4, 0.5) is 10.5 Å². The van der Waals surface area contributed by atoms with E-state index in [1.54, 1.807) is 61.8 Å². The van der Waals surface area contributed by atoms with E-state index < -0.39 is 11.7 Å². The molecule has 0 spiro atoms. The van der Waals surface area contributed by atoms with Crippen molar-refractivity contribution < 1.29 is 33.4 Å². The summed E-state index contributed by atoms with van der Waals surface area (Å²) < 4.78 is 16.8. The first-order chi connectivity index (χ1) is 22.5. The summed E-state index contributed by atoms with van der Waals surface area (Å²) in [6.45, 7) is 8.96. The van der Waals surface area contributed by atoms with Crippen molar-refractivity contribution in [1.29, 1.82) is 0 Å². The normalized spacial score (nSPS) is 13.4. The molecule has 1 fully saturated rings. The highest BCUT2D eigenvalue weighted by Gasteiger charge is 2.32. The van der Waals surface area contributed by atoms with E-state index in [9.17, 15) is 19.2 Å². The Morgan fingerprint density at radius 2 is 1.62 bits per heavy atom. The fraction of sp³-hybridized carbons (Fsp3) is 0.405. The molecule has 0 radical (unpaired) electrons. The average Bonchev–Trinajstić information content (AvgIpc) is 3.06. The molecular weight excluding hydrogens is 598 g/mol. The summed E-state index contributed by atoms with van der Waals surface area (Å²) >= 11 is 0. The first kappa shape index (κ1) is 35.0. The molecule has 1 aliphatic heterocycles. The number of ether oxygens (including phenoxy) is 3. The van der Waals surface area contributed by atoms with Gasteiger partial charge in [0.05, 0.1) is 12.3 Å². The number of nitrogens with one attached hydrogen (secondary N) is 1. The summed E-state index contributed by atoms with van der Waals surface area (Å²) in [6.07, 6.45) is 1.14. The minimum atomic E-state index is -0.602. The van der Waals surface area contributed by atoms with Gasteiger partial charge in [0.15, 0.2) is 5.75 Å². The predicted octanol–water partition coefficient (Wildman–Crippen LogP) is 6.73. The SMILES string of the molecule is CCOC(=O)CCCN(C(=O)C1CCN(C(=O)c2ccccc2)CC1)c1ccccc1Oc1cccc(CNC(=O)OC(C)(C)C)c1. The van der Waals surface area contributed by atoms with Crippen molar-refractivity contribution in [3.05, 3.63) is 90.0 Å². The zero-order valence-electron chi connectivity index (χ0n) is 27.7. The third kappa shape index (κ3) is 10.6. The topological polar surface area (TPSA) is 114 Å². The molecule has 1 heterocycles. The first-order valence-electron chi connectivity index (χ1n) is 16.2. The quantitative estimate of drug-likeness (QED) is 0.218. The van der Waals surface area contributed by atoms with Gasteiger partial charge < -0.3 is 29.3 Å². The molecule has 3 amide bonds. The number of anilines is 1. The summed E-state index contributed by atoms with van der Waals surface area (Å²) in [5.74, 6) is 0.289. The highest BCUT2D eigenvalue weighted by Crippen LogP contribution is 2.35. The summed E-state index contributed by atoms with van der Waals surface area (Å²) in [4.78, 5) is 54.9. The van der Waals surface area contributed by atoms with Gasteiger partial charge >= 0.3 is 12.1 Å². The van der Waals surface area contributed by atoms with Gasteiger partial charge in [0.2, 0.25) is 5.91 Å². The number of alkyl carbamates (subject to hydrolysis) is 1. The number of piperidine rings is 1. The van der Waals surface area contributed by atoms with Gasteiger partial charge in [-0.2, -0.15) is 0 Å². The van der Waals surface area contributed by atoms with Crippen LogP contribution in [0, 0.1) is 5.92 Å². The van der Waals surface area contributed by atoms with Crippen LogP contribution in [0.5, 0.6) is 11.5 Å². The van der Waals surface area contributed by atoms with Gasteiger partial charge in [0.25, 0.3) is 5.91 Å². The lowest BCUT2D eigenvalue weighted by atomic mass is 9.94. The van der Waals surface area contributed by atoms with E-state index in [1.807, 2.05) is 54.6 Å². The lowest BCUT2D eigenvalue weighted by molar-refractivity contribution is -0.143. The second-order valence-electron chi connectivity index (χ2n) is 12.4. The molecule has 0 bridgehead atoms. The molecule has 3 aromatic rings. The summed E-state index contributed by atoms with van der Waals surface area (Å²) in [7, 11) is 0. The van der Waals surface area contributed by atoms with Crippen LogP contribution < -0.4 is 15.0 Å². The van der Waals surface area contributed by atoms with Crippen molar-refractivity contribution in [3.8, 4) is 11.5 Å². The van der Waals surface area contributed by atoms with Crippen LogP contribution in [0.3, 0.4) is 0 Å². The standard InChI is InChI=1S/C37H45N3O7/c1-5-45-33(41)19-12-22-40(35(43)29-20-23-39(24-21-29)34(42)28-14-7-6-8-15-28)31-17-9-10-18-32(31)46-30-16-11-13-27(25-30)26-38-36(44)47-37(2,3)4/h6-11,13-18,25,29H,5,12,19-24,26H2,1-4H3,(H,38,44). The zero-order chi connectivity index (χ0) is 33.8. The third-order valence-electron chi connectivity index (χ3n) is 7.60. The van der Waals surface area contributed by atoms with Gasteiger partial charge in [0, 0.05) is 44.1 Å². The predicted molar refractivity (Wildman–Crippen MR) is 179 cm³/mol. The van der Waals surface area contributed by atoms with E-state index in [1.165, 1.54) is 0 Å². The number of likely N-dealkylation sites (tertiary alicyclic amines) is 1. The van der Waals surface area contributed by atoms with Crippen LogP contribution in [0.25, 0.3) is 0 Å². The number of carbonyl (C=O) groups excluding carboxylic acids is 4. The van der Waals surface area contributed by atoms with Crippen LogP contribution >= 0.6 is 0 Å². The largest absolute Gasteiger partial charge is 0.466 e. The number of hydrogen-bond donors (Lipinski definition) is 1. The van der Waals surface area contributed by atoms with Crippen molar-refractivity contribution in [2.24, 2.45) is 5.92 Å². The molecule has 10 nitrogen and oxygen atoms in total. The Hall–Kier alpha value is -4.86. The molecule has 47 heavy (non-hydrogen) atoms. The summed E-state index contributed by atoms with van der Waals surface area (Å²) in [5, 5.41) is 2.76. The van der Waals surface area contributed by atoms with Gasteiger partial charge in [-0.25, -0.2) is 4.79 Å². The van der Waals surface area contributed by atoms with Crippen LogP contribution in [-0.4, -0.2) is 60.6 Å². The van der Waals surface area contributed by atoms with E-state index in [4.69, 9.17) is 14.2 Å². The zero-order valence-corrected chi connectivity index (χ0v) is 27.7. The lowest BCUT2D eigenvalue weighted by Crippen LogP contribution is -2.45. The van der Waals surface area contributed by atoms with Gasteiger partial charge in [0.1, 0.15) is 11.4 Å². The Morgan fingerprint density at radius 3 is 2.32 bits per heavy atom. The Kier molecular flexibility index (Phi) is 12.4. The Labute approximate surface area is 277 Å². The van der Waals surface area contributed by atoms with Crippen molar-refractivity contribution in [3.63, 3.8) is 0 Å². The number of hydrogen-bond acceptors (Lipinski definition) is 7. The number of carbonyl (C=O) groups is 4. The highest BCUT2D eigenvalue weighted by atomic mass is 16.6. The Balaban J connectivity index is 1.49. The number of rotatable bonds is 12. The maximum Gasteiger partial charge on any atom is 0.407 e. The van der Waals surface area contributed by atoms with Crippen molar-refractivity contribution >= 4 is 29.6 Å². The lowest BCUT2D eigenvalue weighted by Gasteiger charge is -2.35. The van der Waals surface area contributed by atoms with Gasteiger partial charge in [-0.1, -0.05) is 42.5 Å². The number of amides is 3. The van der Waals surface area contributed by atoms with E-state index in [-0.39, 0.29) is 36.7 Å². The molecule has 3 aromatic carbocycles. The fourth-order valence-electron chi connectivity index (χ4n) is 5.38. The molecule has 1 saturated heterocycles. The maximum absolute atomic E-state index is 14.2. The van der Waals surface area contributed by atoms with Gasteiger partial charge in [-0.15, -0.1) is 0 Å².